The van der Waals surface area contributed by atoms with E-state index in [4.69, 9.17) is 0 Å². The van der Waals surface area contributed by atoms with Crippen molar-refractivity contribution >= 4 is 0 Å². The Kier molecular flexibility index (Phi) is 7.36. The van der Waals surface area contributed by atoms with Gasteiger partial charge in [-0.2, -0.15) is 22.3 Å². The van der Waals surface area contributed by atoms with Crippen LogP contribution < -0.4 is 0 Å². The standard InChI is InChI=1S/2C10H15.Nd.H/c2*1-7-6-10(4,5)9(3)8(7)2;;/h2*1-5H3;;/q2*-1;;-1. The Bertz CT molecular complexity index is 490. The largest absolute Gasteiger partial charge is 1.00 e. The van der Waals surface area contributed by atoms with Gasteiger partial charge in [0.2, 0.25) is 0 Å². The molecule has 21 heavy (non-hydrogen) atoms. The molecular weight excluding hydrogens is 384 g/mol. The second kappa shape index (κ2) is 7.25. The van der Waals surface area contributed by atoms with Gasteiger partial charge in [0, 0.05) is 40.8 Å². The molecule has 1 heteroatoms. The first-order valence-electron chi connectivity index (χ1n) is 7.50. The Hall–Kier alpha value is 0.311. The summed E-state index contributed by atoms with van der Waals surface area (Å²) in [6.07, 6.45) is 6.87. The molecule has 2 aliphatic carbocycles. The molecule has 0 spiro atoms. The van der Waals surface area contributed by atoms with Crippen molar-refractivity contribution in [3.05, 3.63) is 45.6 Å². The Morgan fingerprint density at radius 1 is 0.619 bits per heavy atom. The zero-order chi connectivity index (χ0) is 15.9. The van der Waals surface area contributed by atoms with Crippen molar-refractivity contribution in [3.8, 4) is 0 Å². The molecule has 0 radical (unpaired) electrons. The van der Waals surface area contributed by atoms with Gasteiger partial charge in [0.25, 0.3) is 0 Å². The van der Waals surface area contributed by atoms with E-state index in [9.17, 15) is 0 Å². The van der Waals surface area contributed by atoms with E-state index in [1.165, 1.54) is 33.4 Å². The second-order valence-electron chi connectivity index (χ2n) is 7.25. The molecule has 0 aliphatic heterocycles. The first kappa shape index (κ1) is 21.3. The molecule has 0 heterocycles. The third-order valence-corrected chi connectivity index (χ3v) is 5.12. The average molecular weight is 416 g/mol. The summed E-state index contributed by atoms with van der Waals surface area (Å²) < 4.78 is 0. The van der Waals surface area contributed by atoms with Crippen molar-refractivity contribution in [1.82, 2.24) is 0 Å². The van der Waals surface area contributed by atoms with Crippen molar-refractivity contribution in [2.45, 2.75) is 69.2 Å². The van der Waals surface area contributed by atoms with Crippen LogP contribution in [-0.4, -0.2) is 0 Å². The summed E-state index contributed by atoms with van der Waals surface area (Å²) in [6, 6.07) is 0. The molecule has 0 unspecified atom stereocenters. The minimum Gasteiger partial charge on any atom is -1.00 e. The molecule has 0 aromatic heterocycles. The van der Waals surface area contributed by atoms with Crippen LogP contribution in [0, 0.1) is 63.8 Å². The van der Waals surface area contributed by atoms with Crippen molar-refractivity contribution in [3.63, 3.8) is 0 Å². The van der Waals surface area contributed by atoms with E-state index in [2.05, 4.69) is 81.4 Å². The molecule has 0 amide bonds. The van der Waals surface area contributed by atoms with Gasteiger partial charge in [0.05, 0.1) is 0 Å². The fourth-order valence-corrected chi connectivity index (χ4v) is 2.81. The molecule has 0 bridgehead atoms. The third kappa shape index (κ3) is 4.64. The molecule has 2 rings (SSSR count). The first-order chi connectivity index (χ1) is 8.90. The maximum absolute atomic E-state index is 3.44. The minimum atomic E-state index is 0. The maximum Gasteiger partial charge on any atom is 0 e. The monoisotopic (exact) mass is 413 g/mol. The van der Waals surface area contributed by atoms with Crippen LogP contribution in [0.4, 0.5) is 0 Å². The molecule has 0 atom stereocenters. The van der Waals surface area contributed by atoms with Crippen molar-refractivity contribution in [2.75, 3.05) is 0 Å². The van der Waals surface area contributed by atoms with Gasteiger partial charge in [-0.05, 0) is 0 Å². The minimum absolute atomic E-state index is 0. The Morgan fingerprint density at radius 3 is 0.905 bits per heavy atom. The van der Waals surface area contributed by atoms with Gasteiger partial charge >= 0.3 is 0 Å². The average Bonchev–Trinajstić information content (AvgIpc) is 2.60. The summed E-state index contributed by atoms with van der Waals surface area (Å²) in [7, 11) is 0. The fourth-order valence-electron chi connectivity index (χ4n) is 2.81. The van der Waals surface area contributed by atoms with Crippen LogP contribution in [0.1, 0.15) is 70.7 Å². The van der Waals surface area contributed by atoms with Gasteiger partial charge in [0.1, 0.15) is 0 Å². The summed E-state index contributed by atoms with van der Waals surface area (Å²) in [4.78, 5) is 0. The Balaban J connectivity index is 0. The quantitative estimate of drug-likeness (QED) is 0.405. The van der Waals surface area contributed by atoms with E-state index in [-0.39, 0.29) is 53.1 Å². The van der Waals surface area contributed by atoms with E-state index in [1.54, 1.807) is 0 Å². The zero-order valence-corrected chi connectivity index (χ0v) is 18.7. The molecule has 0 N–H and O–H groups in total. The van der Waals surface area contributed by atoms with Gasteiger partial charge in [-0.25, -0.2) is 11.1 Å². The molecule has 0 aromatic rings. The van der Waals surface area contributed by atoms with E-state index in [0.29, 0.717) is 0 Å². The van der Waals surface area contributed by atoms with Crippen molar-refractivity contribution < 1.29 is 42.3 Å². The summed E-state index contributed by atoms with van der Waals surface area (Å²) in [6.45, 7) is 21.8. The number of hydrogen-bond donors (Lipinski definition) is 0. The smallest absolute Gasteiger partial charge is 0 e. The van der Waals surface area contributed by atoms with E-state index >= 15 is 0 Å². The second-order valence-corrected chi connectivity index (χ2v) is 7.25. The van der Waals surface area contributed by atoms with E-state index in [0.717, 1.165) is 0 Å². The van der Waals surface area contributed by atoms with Crippen LogP contribution in [0.15, 0.2) is 33.4 Å². The SMILES string of the molecule is CC1=[C-]C(C)(C)C(C)=C1C.CC1=[C-]C(C)(C)C(C)=C1C.[H-].[Nd]. The van der Waals surface area contributed by atoms with Crippen LogP contribution >= 0.6 is 0 Å². The van der Waals surface area contributed by atoms with Gasteiger partial charge in [-0.1, -0.05) is 66.2 Å². The summed E-state index contributed by atoms with van der Waals surface area (Å²) >= 11 is 0. The van der Waals surface area contributed by atoms with Crippen LogP contribution in [0.3, 0.4) is 0 Å². The molecule has 2 aliphatic rings. The van der Waals surface area contributed by atoms with Gasteiger partial charge in [-0.3, -0.25) is 12.2 Å². The molecule has 0 aromatic carbocycles. The van der Waals surface area contributed by atoms with Crippen LogP contribution in [0.25, 0.3) is 0 Å². The zero-order valence-electron chi connectivity index (χ0n) is 16.5. The third-order valence-electron chi connectivity index (χ3n) is 5.12. The predicted octanol–water partition coefficient (Wildman–Crippen LogP) is 6.34. The van der Waals surface area contributed by atoms with Crippen LogP contribution in [-0.2, 0) is 0 Å². The summed E-state index contributed by atoms with van der Waals surface area (Å²) in [5.74, 6) is 0. The number of rotatable bonds is 0. The summed E-state index contributed by atoms with van der Waals surface area (Å²) in [5.41, 5.74) is 8.79. The Morgan fingerprint density at radius 2 is 0.857 bits per heavy atom. The number of allylic oxidation sites excluding steroid dienone is 8. The van der Waals surface area contributed by atoms with E-state index < -0.39 is 0 Å². The molecule has 0 saturated heterocycles. The predicted molar refractivity (Wildman–Crippen MR) is 90.3 cm³/mol. The van der Waals surface area contributed by atoms with Crippen molar-refractivity contribution in [1.29, 1.82) is 0 Å². The van der Waals surface area contributed by atoms with Crippen LogP contribution in [0.2, 0.25) is 0 Å². The fraction of sp³-hybridized carbons (Fsp3) is 0.600. The molecule has 0 saturated carbocycles. The topological polar surface area (TPSA) is 0 Å². The van der Waals surface area contributed by atoms with E-state index in [1.807, 2.05) is 0 Å². The molecular formula is C20H31Nd-3. The maximum atomic E-state index is 3.44. The van der Waals surface area contributed by atoms with Gasteiger partial charge in [0.15, 0.2) is 0 Å². The summed E-state index contributed by atoms with van der Waals surface area (Å²) in [5, 5.41) is 0. The van der Waals surface area contributed by atoms with Crippen LogP contribution in [0.5, 0.6) is 0 Å². The van der Waals surface area contributed by atoms with Gasteiger partial charge in [-0.15, -0.1) is 13.8 Å². The molecule has 118 valence electrons. The molecule has 0 nitrogen and oxygen atoms in total. The number of hydrogen-bond acceptors (Lipinski definition) is 0. The van der Waals surface area contributed by atoms with Gasteiger partial charge < -0.3 is 1.43 Å². The first-order valence-corrected chi connectivity index (χ1v) is 7.50. The normalized spacial score (nSPS) is 22.4. The Labute approximate surface area is 166 Å². The molecule has 0 fully saturated rings. The van der Waals surface area contributed by atoms with Crippen molar-refractivity contribution in [2.24, 2.45) is 10.8 Å².